The molecule has 0 fully saturated rings. The lowest BCUT2D eigenvalue weighted by atomic mass is 9.94. The van der Waals surface area contributed by atoms with Gasteiger partial charge in [-0.25, -0.2) is 4.79 Å². The van der Waals surface area contributed by atoms with E-state index in [0.29, 0.717) is 18.4 Å². The van der Waals surface area contributed by atoms with Gasteiger partial charge in [-0.1, -0.05) is 40.2 Å². The van der Waals surface area contributed by atoms with Crippen LogP contribution in [0.1, 0.15) is 39.6 Å². The predicted molar refractivity (Wildman–Crippen MR) is 85.6 cm³/mol. The van der Waals surface area contributed by atoms with Crippen LogP contribution >= 0.6 is 15.9 Å². The fraction of sp³-hybridized carbons (Fsp3) is 0.235. The van der Waals surface area contributed by atoms with Crippen molar-refractivity contribution in [2.45, 2.75) is 25.9 Å². The Labute approximate surface area is 132 Å². The van der Waals surface area contributed by atoms with Crippen molar-refractivity contribution in [2.24, 2.45) is 0 Å². The second kappa shape index (κ2) is 6.87. The molecular weight excluding hydrogens is 332 g/mol. The molecule has 3 nitrogen and oxygen atoms in total. The van der Waals surface area contributed by atoms with E-state index in [1.54, 1.807) is 12.1 Å². The van der Waals surface area contributed by atoms with Gasteiger partial charge in [-0.05, 0) is 54.7 Å². The summed E-state index contributed by atoms with van der Waals surface area (Å²) in [4.78, 5) is 11.3. The second-order valence-electron chi connectivity index (χ2n) is 5.02. The van der Waals surface area contributed by atoms with Crippen LogP contribution in [0, 0.1) is 6.92 Å². The second-order valence-corrected chi connectivity index (χ2v) is 5.93. The normalized spacial score (nSPS) is 12.1. The Morgan fingerprint density at radius 2 is 1.95 bits per heavy atom. The first-order valence-electron chi connectivity index (χ1n) is 6.74. The summed E-state index contributed by atoms with van der Waals surface area (Å²) in [7, 11) is 0. The largest absolute Gasteiger partial charge is 0.478 e. The number of carboxylic acid groups (broad SMARTS) is 1. The van der Waals surface area contributed by atoms with Gasteiger partial charge in [0.15, 0.2) is 0 Å². The average Bonchev–Trinajstić information content (AvgIpc) is 2.45. The molecule has 0 spiro atoms. The van der Waals surface area contributed by atoms with E-state index in [0.717, 1.165) is 21.2 Å². The van der Waals surface area contributed by atoms with Crippen molar-refractivity contribution in [1.29, 1.82) is 0 Å². The molecule has 0 heterocycles. The van der Waals surface area contributed by atoms with Gasteiger partial charge in [0, 0.05) is 4.47 Å². The third-order valence-electron chi connectivity index (χ3n) is 3.54. The van der Waals surface area contributed by atoms with Gasteiger partial charge in [-0.15, -0.1) is 0 Å². The summed E-state index contributed by atoms with van der Waals surface area (Å²) < 4.78 is 0.918. The molecule has 2 aromatic rings. The SMILES string of the molecule is Cc1cccc(C(=O)O)c1CCC(O)c1cccc(Br)c1. The Hall–Kier alpha value is -1.65. The first-order valence-corrected chi connectivity index (χ1v) is 7.53. The molecule has 110 valence electrons. The molecule has 0 aliphatic carbocycles. The molecule has 0 aliphatic rings. The number of hydrogen-bond donors (Lipinski definition) is 2. The lowest BCUT2D eigenvalue weighted by molar-refractivity contribution is 0.0695. The Kier molecular flexibility index (Phi) is 5.15. The zero-order valence-electron chi connectivity index (χ0n) is 11.7. The van der Waals surface area contributed by atoms with E-state index in [4.69, 9.17) is 0 Å². The van der Waals surface area contributed by atoms with Gasteiger partial charge in [0.2, 0.25) is 0 Å². The molecular formula is C17H17BrO3. The number of aliphatic hydroxyl groups is 1. The fourth-order valence-electron chi connectivity index (χ4n) is 2.40. The molecule has 0 aromatic heterocycles. The molecule has 0 saturated carbocycles. The van der Waals surface area contributed by atoms with Crippen LogP contribution in [0.2, 0.25) is 0 Å². The third-order valence-corrected chi connectivity index (χ3v) is 4.04. The van der Waals surface area contributed by atoms with Crippen LogP contribution in [-0.4, -0.2) is 16.2 Å². The summed E-state index contributed by atoms with van der Waals surface area (Å²) in [5.41, 5.74) is 2.88. The summed E-state index contributed by atoms with van der Waals surface area (Å²) in [5, 5.41) is 19.5. The summed E-state index contributed by atoms with van der Waals surface area (Å²) in [6.45, 7) is 1.90. The Morgan fingerprint density at radius 1 is 1.24 bits per heavy atom. The van der Waals surface area contributed by atoms with Crippen LogP contribution in [0.4, 0.5) is 0 Å². The summed E-state index contributed by atoms with van der Waals surface area (Å²) in [6, 6.07) is 12.8. The summed E-state index contributed by atoms with van der Waals surface area (Å²) >= 11 is 3.38. The summed E-state index contributed by atoms with van der Waals surface area (Å²) in [5.74, 6) is -0.925. The van der Waals surface area contributed by atoms with Crippen molar-refractivity contribution in [1.82, 2.24) is 0 Å². The van der Waals surface area contributed by atoms with E-state index in [9.17, 15) is 15.0 Å². The van der Waals surface area contributed by atoms with E-state index < -0.39 is 12.1 Å². The maximum absolute atomic E-state index is 11.3. The Morgan fingerprint density at radius 3 is 2.62 bits per heavy atom. The van der Waals surface area contributed by atoms with Crippen LogP contribution in [0.15, 0.2) is 46.9 Å². The average molecular weight is 349 g/mol. The van der Waals surface area contributed by atoms with Gasteiger partial charge in [0.05, 0.1) is 11.7 Å². The molecule has 1 unspecified atom stereocenters. The highest BCUT2D eigenvalue weighted by atomic mass is 79.9. The van der Waals surface area contributed by atoms with E-state index in [1.807, 2.05) is 37.3 Å². The maximum atomic E-state index is 11.3. The van der Waals surface area contributed by atoms with Gasteiger partial charge >= 0.3 is 5.97 Å². The lowest BCUT2D eigenvalue weighted by Crippen LogP contribution is -2.07. The number of benzene rings is 2. The monoisotopic (exact) mass is 348 g/mol. The number of aliphatic hydroxyl groups excluding tert-OH is 1. The number of aromatic carboxylic acids is 1. The first kappa shape index (κ1) is 15.7. The summed E-state index contributed by atoms with van der Waals surface area (Å²) in [6.07, 6.45) is 0.410. The van der Waals surface area contributed by atoms with E-state index in [1.165, 1.54) is 0 Å². The zero-order valence-corrected chi connectivity index (χ0v) is 13.3. The van der Waals surface area contributed by atoms with Crippen LogP contribution in [0.5, 0.6) is 0 Å². The lowest BCUT2D eigenvalue weighted by Gasteiger charge is -2.14. The van der Waals surface area contributed by atoms with E-state index >= 15 is 0 Å². The van der Waals surface area contributed by atoms with Crippen molar-refractivity contribution in [3.8, 4) is 0 Å². The molecule has 0 bridgehead atoms. The van der Waals surface area contributed by atoms with Crippen LogP contribution in [0.3, 0.4) is 0 Å². The third kappa shape index (κ3) is 3.93. The van der Waals surface area contributed by atoms with Crippen LogP contribution < -0.4 is 0 Å². The minimum absolute atomic E-state index is 0.316. The van der Waals surface area contributed by atoms with Gasteiger partial charge in [0.25, 0.3) is 0 Å². The van der Waals surface area contributed by atoms with Gasteiger partial charge < -0.3 is 10.2 Å². The molecule has 0 aliphatic heterocycles. The van der Waals surface area contributed by atoms with Crippen LogP contribution in [-0.2, 0) is 6.42 Å². The number of carbonyl (C=O) groups is 1. The highest BCUT2D eigenvalue weighted by molar-refractivity contribution is 9.10. The molecule has 2 aromatic carbocycles. The molecule has 21 heavy (non-hydrogen) atoms. The van der Waals surface area contributed by atoms with E-state index in [-0.39, 0.29) is 0 Å². The predicted octanol–water partition coefficient (Wildman–Crippen LogP) is 4.12. The highest BCUT2D eigenvalue weighted by Gasteiger charge is 2.14. The zero-order chi connectivity index (χ0) is 15.4. The molecule has 2 N–H and O–H groups in total. The van der Waals surface area contributed by atoms with Gasteiger partial charge in [0.1, 0.15) is 0 Å². The van der Waals surface area contributed by atoms with Gasteiger partial charge in [-0.2, -0.15) is 0 Å². The quantitative estimate of drug-likeness (QED) is 0.854. The van der Waals surface area contributed by atoms with Crippen LogP contribution in [0.25, 0.3) is 0 Å². The molecule has 4 heteroatoms. The van der Waals surface area contributed by atoms with Crippen molar-refractivity contribution >= 4 is 21.9 Å². The topological polar surface area (TPSA) is 57.5 Å². The smallest absolute Gasteiger partial charge is 0.335 e. The standard InChI is InChI=1S/C17H17BrO3/c1-11-4-2-7-15(17(20)21)14(11)8-9-16(19)12-5-3-6-13(18)10-12/h2-7,10,16,19H,8-9H2,1H3,(H,20,21). The minimum Gasteiger partial charge on any atom is -0.478 e. The van der Waals surface area contributed by atoms with Crippen molar-refractivity contribution in [3.63, 3.8) is 0 Å². The fourth-order valence-corrected chi connectivity index (χ4v) is 2.81. The molecule has 0 radical (unpaired) electrons. The number of rotatable bonds is 5. The van der Waals surface area contributed by atoms with Crippen molar-refractivity contribution in [3.05, 3.63) is 69.2 Å². The molecule has 0 amide bonds. The molecule has 1 atom stereocenters. The highest BCUT2D eigenvalue weighted by Crippen LogP contribution is 2.24. The molecule has 2 rings (SSSR count). The number of aryl methyl sites for hydroxylation is 1. The Bertz CT molecular complexity index is 652. The van der Waals surface area contributed by atoms with E-state index in [2.05, 4.69) is 15.9 Å². The Balaban J connectivity index is 2.15. The van der Waals surface area contributed by atoms with Gasteiger partial charge in [-0.3, -0.25) is 0 Å². The maximum Gasteiger partial charge on any atom is 0.335 e. The first-order chi connectivity index (χ1) is 9.99. The minimum atomic E-state index is -0.925. The van der Waals surface area contributed by atoms with Crippen molar-refractivity contribution < 1.29 is 15.0 Å². The number of halogens is 1. The number of carboxylic acids is 1. The molecule has 0 saturated heterocycles. The number of hydrogen-bond acceptors (Lipinski definition) is 2. The van der Waals surface area contributed by atoms with Crippen molar-refractivity contribution in [2.75, 3.05) is 0 Å².